The molecule has 0 saturated heterocycles. The number of hydrogen-bond donors (Lipinski definition) is 1. The molecule has 2 heteroatoms. The van der Waals surface area contributed by atoms with Crippen molar-refractivity contribution in [2.75, 3.05) is 6.54 Å². The summed E-state index contributed by atoms with van der Waals surface area (Å²) in [6.07, 6.45) is 8.22. The van der Waals surface area contributed by atoms with Gasteiger partial charge >= 0.3 is 0 Å². The number of benzene rings is 1. The van der Waals surface area contributed by atoms with Crippen LogP contribution in [0.1, 0.15) is 43.4 Å². The zero-order valence-corrected chi connectivity index (χ0v) is 11.3. The highest BCUT2D eigenvalue weighted by Crippen LogP contribution is 2.25. The van der Waals surface area contributed by atoms with E-state index in [1.807, 2.05) is 6.07 Å². The van der Waals surface area contributed by atoms with Crippen molar-refractivity contribution in [1.29, 1.82) is 0 Å². The third-order valence-corrected chi connectivity index (χ3v) is 3.12. The number of halogens is 1. The number of aryl methyl sites for hydroxylation is 1. The van der Waals surface area contributed by atoms with Crippen LogP contribution in [0.2, 0.25) is 5.02 Å². The molecule has 0 radical (unpaired) electrons. The van der Waals surface area contributed by atoms with Crippen LogP contribution in [0.5, 0.6) is 0 Å². The third-order valence-electron chi connectivity index (χ3n) is 2.88. The van der Waals surface area contributed by atoms with Crippen LogP contribution in [0.25, 0.3) is 0 Å². The van der Waals surface area contributed by atoms with E-state index in [4.69, 9.17) is 18.0 Å². The highest BCUT2D eigenvalue weighted by molar-refractivity contribution is 6.30. The van der Waals surface area contributed by atoms with Crippen molar-refractivity contribution in [3.05, 3.63) is 34.3 Å². The average molecular weight is 250 g/mol. The molecule has 1 nitrogen and oxygen atoms in total. The van der Waals surface area contributed by atoms with Crippen LogP contribution in [0.3, 0.4) is 0 Å². The molecule has 0 heterocycles. The molecule has 0 aliphatic rings. The van der Waals surface area contributed by atoms with Gasteiger partial charge in [-0.1, -0.05) is 24.6 Å². The molecule has 0 bridgehead atoms. The number of nitrogens with one attached hydrogen (secondary N) is 1. The number of rotatable bonds is 6. The molecule has 0 saturated carbocycles. The fraction of sp³-hybridized carbons (Fsp3) is 0.467. The van der Waals surface area contributed by atoms with Gasteiger partial charge in [-0.25, -0.2) is 0 Å². The van der Waals surface area contributed by atoms with Crippen molar-refractivity contribution in [2.24, 2.45) is 0 Å². The summed E-state index contributed by atoms with van der Waals surface area (Å²) in [6.45, 7) is 5.19. The zero-order chi connectivity index (χ0) is 12.7. The molecule has 0 amide bonds. The van der Waals surface area contributed by atoms with E-state index in [0.717, 1.165) is 30.8 Å². The van der Waals surface area contributed by atoms with Crippen LogP contribution in [0.15, 0.2) is 18.2 Å². The van der Waals surface area contributed by atoms with Crippen molar-refractivity contribution < 1.29 is 0 Å². The zero-order valence-electron chi connectivity index (χ0n) is 10.6. The first-order valence-electron chi connectivity index (χ1n) is 6.12. The molecular formula is C15H20ClN. The maximum atomic E-state index is 6.06. The van der Waals surface area contributed by atoms with Gasteiger partial charge in [-0.2, -0.15) is 0 Å². The second-order valence-corrected chi connectivity index (χ2v) is 4.64. The summed E-state index contributed by atoms with van der Waals surface area (Å²) in [4.78, 5) is 0. The molecule has 1 atom stereocenters. The Kier molecular flexibility index (Phi) is 6.11. The average Bonchev–Trinajstić information content (AvgIpc) is 2.32. The van der Waals surface area contributed by atoms with Gasteiger partial charge in [-0.15, -0.1) is 12.3 Å². The molecule has 0 aliphatic heterocycles. The van der Waals surface area contributed by atoms with E-state index in [1.54, 1.807) is 0 Å². The highest BCUT2D eigenvalue weighted by atomic mass is 35.5. The fourth-order valence-electron chi connectivity index (χ4n) is 2.01. The fourth-order valence-corrected chi connectivity index (χ4v) is 2.19. The standard InChI is InChI=1S/C15H20ClN/c1-4-6-7-8-15(17-5-2)14-11-13(16)10-9-12(14)3/h1,9-11,15,17H,5-8H2,2-3H3. The molecule has 1 aromatic rings. The molecule has 0 aromatic heterocycles. The first kappa shape index (κ1) is 14.1. The lowest BCUT2D eigenvalue weighted by Gasteiger charge is -2.20. The van der Waals surface area contributed by atoms with Crippen LogP contribution in [-0.4, -0.2) is 6.54 Å². The summed E-state index contributed by atoms with van der Waals surface area (Å²) in [5.41, 5.74) is 2.57. The van der Waals surface area contributed by atoms with E-state index < -0.39 is 0 Å². The quantitative estimate of drug-likeness (QED) is 0.591. The van der Waals surface area contributed by atoms with Gasteiger partial charge in [-0.05, 0) is 49.6 Å². The Hall–Kier alpha value is -0.970. The lowest BCUT2D eigenvalue weighted by atomic mass is 9.97. The third kappa shape index (κ3) is 4.42. The molecule has 1 unspecified atom stereocenters. The Morgan fingerprint density at radius 2 is 2.24 bits per heavy atom. The molecule has 0 fully saturated rings. The van der Waals surface area contributed by atoms with Gasteiger partial charge in [0, 0.05) is 17.5 Å². The Balaban J connectivity index is 2.81. The van der Waals surface area contributed by atoms with Crippen molar-refractivity contribution in [3.63, 3.8) is 0 Å². The second kappa shape index (κ2) is 7.37. The minimum Gasteiger partial charge on any atom is -0.310 e. The van der Waals surface area contributed by atoms with E-state index in [1.165, 1.54) is 11.1 Å². The monoisotopic (exact) mass is 249 g/mol. The molecule has 17 heavy (non-hydrogen) atoms. The van der Waals surface area contributed by atoms with Gasteiger partial charge < -0.3 is 5.32 Å². The maximum Gasteiger partial charge on any atom is 0.0409 e. The van der Waals surface area contributed by atoms with Gasteiger partial charge in [0.15, 0.2) is 0 Å². The van der Waals surface area contributed by atoms with Gasteiger partial charge in [0.2, 0.25) is 0 Å². The summed E-state index contributed by atoms with van der Waals surface area (Å²) in [5, 5.41) is 4.30. The predicted molar refractivity (Wildman–Crippen MR) is 75.3 cm³/mol. The minimum absolute atomic E-state index is 0.354. The van der Waals surface area contributed by atoms with Crippen LogP contribution in [0.4, 0.5) is 0 Å². The van der Waals surface area contributed by atoms with Gasteiger partial charge in [0.05, 0.1) is 0 Å². The SMILES string of the molecule is C#CCCCC(NCC)c1cc(Cl)ccc1C. The van der Waals surface area contributed by atoms with E-state index >= 15 is 0 Å². The van der Waals surface area contributed by atoms with Crippen molar-refractivity contribution in [3.8, 4) is 12.3 Å². The van der Waals surface area contributed by atoms with Gasteiger partial charge in [0.1, 0.15) is 0 Å². The maximum absolute atomic E-state index is 6.06. The number of terminal acetylenes is 1. The summed E-state index contributed by atoms with van der Waals surface area (Å²) >= 11 is 6.06. The van der Waals surface area contributed by atoms with E-state index in [9.17, 15) is 0 Å². The lowest BCUT2D eigenvalue weighted by molar-refractivity contribution is 0.500. The Morgan fingerprint density at radius 1 is 1.47 bits per heavy atom. The predicted octanol–water partition coefficient (Wildman–Crippen LogP) is 4.10. The molecular weight excluding hydrogens is 230 g/mol. The van der Waals surface area contributed by atoms with Crippen LogP contribution >= 0.6 is 11.6 Å². The molecule has 1 N–H and O–H groups in total. The summed E-state index contributed by atoms with van der Waals surface area (Å²) in [7, 11) is 0. The van der Waals surface area contributed by atoms with Crippen molar-refractivity contribution >= 4 is 11.6 Å². The first-order chi connectivity index (χ1) is 8.19. The van der Waals surface area contributed by atoms with Crippen molar-refractivity contribution in [1.82, 2.24) is 5.32 Å². The Labute approximate surface area is 110 Å². The molecule has 0 aliphatic carbocycles. The Morgan fingerprint density at radius 3 is 2.88 bits per heavy atom. The van der Waals surface area contributed by atoms with Crippen LogP contribution in [-0.2, 0) is 0 Å². The topological polar surface area (TPSA) is 12.0 Å². The normalized spacial score (nSPS) is 12.1. The Bertz CT molecular complexity index is 392. The molecule has 1 aromatic carbocycles. The molecule has 92 valence electrons. The number of unbranched alkanes of at least 4 members (excludes halogenated alkanes) is 1. The first-order valence-corrected chi connectivity index (χ1v) is 6.49. The largest absolute Gasteiger partial charge is 0.310 e. The lowest BCUT2D eigenvalue weighted by Crippen LogP contribution is -2.21. The van der Waals surface area contributed by atoms with E-state index in [-0.39, 0.29) is 0 Å². The smallest absolute Gasteiger partial charge is 0.0409 e. The summed E-state index contributed by atoms with van der Waals surface area (Å²) in [6, 6.07) is 6.42. The number of hydrogen-bond acceptors (Lipinski definition) is 1. The minimum atomic E-state index is 0.354. The second-order valence-electron chi connectivity index (χ2n) is 4.21. The van der Waals surface area contributed by atoms with Crippen LogP contribution in [0, 0.1) is 19.3 Å². The highest BCUT2D eigenvalue weighted by Gasteiger charge is 2.12. The summed E-state index contributed by atoms with van der Waals surface area (Å²) in [5.74, 6) is 2.69. The molecule has 1 rings (SSSR count). The van der Waals surface area contributed by atoms with Crippen molar-refractivity contribution in [2.45, 2.75) is 39.2 Å². The molecule has 0 spiro atoms. The van der Waals surface area contributed by atoms with Gasteiger partial charge in [-0.3, -0.25) is 0 Å². The van der Waals surface area contributed by atoms with Crippen LogP contribution < -0.4 is 5.32 Å². The van der Waals surface area contributed by atoms with E-state index in [0.29, 0.717) is 6.04 Å². The van der Waals surface area contributed by atoms with Gasteiger partial charge in [0.25, 0.3) is 0 Å². The van der Waals surface area contributed by atoms with E-state index in [2.05, 4.69) is 37.2 Å². The summed E-state index contributed by atoms with van der Waals surface area (Å²) < 4.78 is 0.